The summed E-state index contributed by atoms with van der Waals surface area (Å²) in [6, 6.07) is 17.8. The summed E-state index contributed by atoms with van der Waals surface area (Å²) in [4.78, 5) is 40.8. The number of nitrogens with two attached hydrogens (primary N) is 2. The molecule has 0 spiro atoms. The third kappa shape index (κ3) is 5.86. The van der Waals surface area contributed by atoms with Crippen molar-refractivity contribution in [3.8, 4) is 11.5 Å². The van der Waals surface area contributed by atoms with Gasteiger partial charge >= 0.3 is 0 Å². The van der Waals surface area contributed by atoms with Crippen LogP contribution in [0.4, 0.5) is 15.8 Å². The van der Waals surface area contributed by atoms with E-state index < -0.39 is 29.6 Å². The fraction of sp³-hybridized carbons (Fsp3) is 0.143. The van der Waals surface area contributed by atoms with Crippen LogP contribution in [0.2, 0.25) is 0 Å². The summed E-state index contributed by atoms with van der Waals surface area (Å²) in [5, 5.41) is 2.87. The Morgan fingerprint density at radius 2 is 1.68 bits per heavy atom. The number of hydrogen-bond donors (Lipinski definition) is 3. The Kier molecular flexibility index (Phi) is 8.60. The van der Waals surface area contributed by atoms with Crippen molar-refractivity contribution in [2.45, 2.75) is 12.6 Å². The van der Waals surface area contributed by atoms with Crippen LogP contribution < -0.4 is 31.2 Å². The number of nitrogens with one attached hydrogen (secondary N) is 1. The molecular formula is C28H26FN5O5S. The van der Waals surface area contributed by atoms with Crippen LogP contribution in [0.5, 0.6) is 11.5 Å². The van der Waals surface area contributed by atoms with Gasteiger partial charge in [-0.1, -0.05) is 36.4 Å². The van der Waals surface area contributed by atoms with E-state index in [-0.39, 0.29) is 28.5 Å². The second-order valence-corrected chi connectivity index (χ2v) is 9.28. The molecule has 0 aliphatic rings. The summed E-state index contributed by atoms with van der Waals surface area (Å²) in [6.07, 6.45) is 0. The SMILES string of the molecule is COc1ccc([C@@H](C(=O)NCc2ccccc2)N(C(=O)c2snc(C(N)=O)c2N)c2ccc(F)cc2)cc1OC. The predicted octanol–water partition coefficient (Wildman–Crippen LogP) is 3.69. The molecule has 3 aromatic carbocycles. The van der Waals surface area contributed by atoms with Crippen LogP contribution in [0.3, 0.4) is 0 Å². The Bertz CT molecular complexity index is 1530. The molecule has 206 valence electrons. The number of hydrogen-bond acceptors (Lipinski definition) is 8. The van der Waals surface area contributed by atoms with Gasteiger partial charge in [0.25, 0.3) is 11.8 Å². The van der Waals surface area contributed by atoms with Gasteiger partial charge < -0.3 is 26.3 Å². The first-order valence-electron chi connectivity index (χ1n) is 11.9. The molecule has 0 saturated heterocycles. The molecule has 0 unspecified atom stereocenters. The Morgan fingerprint density at radius 1 is 1.00 bits per heavy atom. The molecule has 12 heteroatoms. The van der Waals surface area contributed by atoms with Crippen molar-refractivity contribution in [1.82, 2.24) is 9.69 Å². The van der Waals surface area contributed by atoms with Gasteiger partial charge in [-0.3, -0.25) is 19.3 Å². The van der Waals surface area contributed by atoms with E-state index in [0.717, 1.165) is 22.6 Å². The minimum absolute atomic E-state index is 0.112. The molecule has 1 atom stereocenters. The lowest BCUT2D eigenvalue weighted by atomic mass is 10.0. The van der Waals surface area contributed by atoms with Crippen molar-refractivity contribution < 1.29 is 28.2 Å². The van der Waals surface area contributed by atoms with E-state index >= 15 is 0 Å². The number of primary amides is 1. The number of carbonyl (C=O) groups is 3. The van der Waals surface area contributed by atoms with Crippen molar-refractivity contribution >= 4 is 40.6 Å². The lowest BCUT2D eigenvalue weighted by Gasteiger charge is -2.31. The molecule has 4 rings (SSSR count). The van der Waals surface area contributed by atoms with Gasteiger partial charge in [0.2, 0.25) is 5.91 Å². The van der Waals surface area contributed by atoms with E-state index in [1.807, 2.05) is 30.3 Å². The smallest absolute Gasteiger partial charge is 0.273 e. The zero-order valence-corrected chi connectivity index (χ0v) is 22.4. The van der Waals surface area contributed by atoms with E-state index in [0.29, 0.717) is 28.6 Å². The largest absolute Gasteiger partial charge is 0.493 e. The van der Waals surface area contributed by atoms with Crippen LogP contribution in [0.15, 0.2) is 72.8 Å². The molecule has 10 nitrogen and oxygen atoms in total. The summed E-state index contributed by atoms with van der Waals surface area (Å²) in [6.45, 7) is 0.170. The van der Waals surface area contributed by atoms with Gasteiger partial charge in [0.1, 0.15) is 16.7 Å². The van der Waals surface area contributed by atoms with Gasteiger partial charge in [0, 0.05) is 12.2 Å². The van der Waals surface area contributed by atoms with Gasteiger partial charge in [0.15, 0.2) is 17.2 Å². The highest BCUT2D eigenvalue weighted by atomic mass is 32.1. The molecule has 0 saturated carbocycles. The third-order valence-corrected chi connectivity index (χ3v) is 6.87. The summed E-state index contributed by atoms with van der Waals surface area (Å²) < 4.78 is 28.6. The molecule has 3 amide bonds. The van der Waals surface area contributed by atoms with Crippen LogP contribution in [-0.4, -0.2) is 36.3 Å². The van der Waals surface area contributed by atoms with Crippen LogP contribution in [-0.2, 0) is 11.3 Å². The van der Waals surface area contributed by atoms with Gasteiger partial charge in [-0.2, -0.15) is 4.37 Å². The minimum Gasteiger partial charge on any atom is -0.493 e. The molecule has 40 heavy (non-hydrogen) atoms. The van der Waals surface area contributed by atoms with Crippen molar-refractivity contribution in [2.24, 2.45) is 5.73 Å². The summed E-state index contributed by atoms with van der Waals surface area (Å²) >= 11 is 0.669. The quantitative estimate of drug-likeness (QED) is 0.266. The zero-order valence-electron chi connectivity index (χ0n) is 21.6. The van der Waals surface area contributed by atoms with Crippen LogP contribution in [0.25, 0.3) is 0 Å². The number of methoxy groups -OCH3 is 2. The predicted molar refractivity (Wildman–Crippen MR) is 149 cm³/mol. The number of nitrogens with zero attached hydrogens (tertiary/aromatic N) is 2. The second kappa shape index (κ2) is 12.3. The first-order chi connectivity index (χ1) is 19.2. The fourth-order valence-corrected chi connectivity index (χ4v) is 4.79. The van der Waals surface area contributed by atoms with E-state index in [1.165, 1.54) is 26.4 Å². The fourth-order valence-electron chi connectivity index (χ4n) is 4.05. The van der Waals surface area contributed by atoms with Crippen molar-refractivity contribution in [2.75, 3.05) is 24.9 Å². The molecule has 0 aliphatic carbocycles. The molecule has 1 aromatic heterocycles. The van der Waals surface area contributed by atoms with Gasteiger partial charge in [-0.15, -0.1) is 0 Å². The van der Waals surface area contributed by atoms with E-state index in [9.17, 15) is 18.8 Å². The molecule has 0 radical (unpaired) electrons. The standard InChI is InChI=1S/C28H26FN5O5S/c1-38-20-13-8-17(14-21(20)39-2)24(27(36)32-15-16-6-4-3-5-7-16)34(19-11-9-18(29)10-12-19)28(37)25-22(30)23(26(31)35)33-40-25/h3-14,24H,15,30H2,1-2H3,(H2,31,35)(H,32,36)/t24-/m0/s1. The average Bonchev–Trinajstić information content (AvgIpc) is 3.36. The van der Waals surface area contributed by atoms with Gasteiger partial charge in [0.05, 0.1) is 19.9 Å². The lowest BCUT2D eigenvalue weighted by molar-refractivity contribution is -0.122. The number of halogens is 1. The highest BCUT2D eigenvalue weighted by Crippen LogP contribution is 2.36. The monoisotopic (exact) mass is 563 g/mol. The van der Waals surface area contributed by atoms with E-state index in [2.05, 4.69) is 9.69 Å². The molecule has 0 aliphatic heterocycles. The summed E-state index contributed by atoms with van der Waals surface area (Å²) in [7, 11) is 2.91. The summed E-state index contributed by atoms with van der Waals surface area (Å²) in [5.74, 6) is -2.01. The zero-order chi connectivity index (χ0) is 28.8. The molecule has 0 fully saturated rings. The number of nitrogen functional groups attached to an aromatic ring is 1. The maximum absolute atomic E-state index is 14.1. The number of rotatable bonds is 10. The maximum Gasteiger partial charge on any atom is 0.273 e. The minimum atomic E-state index is -1.29. The number of benzene rings is 3. The van der Waals surface area contributed by atoms with Crippen LogP contribution in [0.1, 0.15) is 37.3 Å². The highest BCUT2D eigenvalue weighted by Gasteiger charge is 2.36. The number of ether oxygens (including phenoxy) is 2. The number of aromatic nitrogens is 1. The molecule has 1 heterocycles. The Hall–Kier alpha value is -4.97. The molecule has 4 aromatic rings. The normalized spacial score (nSPS) is 11.4. The number of carbonyl (C=O) groups excluding carboxylic acids is 3. The Morgan fingerprint density at radius 3 is 2.27 bits per heavy atom. The number of anilines is 2. The number of amides is 3. The maximum atomic E-state index is 14.1. The first-order valence-corrected chi connectivity index (χ1v) is 12.7. The van der Waals surface area contributed by atoms with Crippen molar-refractivity contribution in [3.63, 3.8) is 0 Å². The third-order valence-electron chi connectivity index (χ3n) is 6.02. The topological polar surface area (TPSA) is 150 Å². The average molecular weight is 564 g/mol. The van der Waals surface area contributed by atoms with Crippen LogP contribution >= 0.6 is 11.5 Å². The summed E-state index contributed by atoms with van der Waals surface area (Å²) in [5.41, 5.74) is 12.3. The van der Waals surface area contributed by atoms with E-state index in [1.54, 1.807) is 18.2 Å². The van der Waals surface area contributed by atoms with Crippen LogP contribution in [0, 0.1) is 5.82 Å². The Labute approximate surface area is 233 Å². The molecule has 0 bridgehead atoms. The van der Waals surface area contributed by atoms with E-state index in [4.69, 9.17) is 20.9 Å². The first kappa shape index (κ1) is 28.0. The lowest BCUT2D eigenvalue weighted by Crippen LogP contribution is -2.44. The Balaban J connectivity index is 1.87. The van der Waals surface area contributed by atoms with Crippen molar-refractivity contribution in [1.29, 1.82) is 0 Å². The van der Waals surface area contributed by atoms with Gasteiger partial charge in [-0.25, -0.2) is 4.39 Å². The van der Waals surface area contributed by atoms with Crippen molar-refractivity contribution in [3.05, 3.63) is 100 Å². The molecule has 5 N–H and O–H groups in total. The second-order valence-electron chi connectivity index (χ2n) is 8.51. The highest BCUT2D eigenvalue weighted by molar-refractivity contribution is 7.09. The van der Waals surface area contributed by atoms with Gasteiger partial charge in [-0.05, 0) is 59.1 Å². The molecular weight excluding hydrogens is 537 g/mol.